The smallest absolute Gasteiger partial charge is 0.232 e. The molecule has 0 saturated carbocycles. The van der Waals surface area contributed by atoms with Gasteiger partial charge >= 0.3 is 0 Å². The molecular weight excluding hydrogens is 347 g/mol. The third kappa shape index (κ3) is 13.9. The number of rotatable bonds is 12. The van der Waals surface area contributed by atoms with Crippen molar-refractivity contribution in [2.45, 2.75) is 97.6 Å². The first-order chi connectivity index (χ1) is 11.8. The van der Waals surface area contributed by atoms with Gasteiger partial charge in [0, 0.05) is 12.1 Å². The van der Waals surface area contributed by atoms with Crippen LogP contribution in [0.5, 0.6) is 0 Å². The molecule has 0 bridgehead atoms. The monoisotopic (exact) mass is 392 g/mol. The lowest BCUT2D eigenvalue weighted by Gasteiger charge is -2.34. The van der Waals surface area contributed by atoms with Gasteiger partial charge in [-0.05, 0) is 74.9 Å². The second kappa shape index (κ2) is 13.0. The maximum atomic E-state index is 12.6. The Hall–Kier alpha value is -0.220. The van der Waals surface area contributed by atoms with Crippen LogP contribution < -0.4 is 10.6 Å². The predicted octanol–water partition coefficient (Wildman–Crippen LogP) is 3.76. The molecule has 0 fully saturated rings. The van der Waals surface area contributed by atoms with Gasteiger partial charge in [-0.25, -0.2) is 0 Å². The lowest BCUT2D eigenvalue weighted by Crippen LogP contribution is -2.53. The van der Waals surface area contributed by atoms with Crippen molar-refractivity contribution in [2.24, 2.45) is 0 Å². The molecule has 1 amide bonds. The van der Waals surface area contributed by atoms with E-state index in [-0.39, 0.29) is 23.2 Å². The number of carbonyl (C=O) groups is 1. The minimum absolute atomic E-state index is 0.0218. The van der Waals surface area contributed by atoms with Crippen LogP contribution in [0.25, 0.3) is 0 Å². The summed E-state index contributed by atoms with van der Waals surface area (Å²) in [6, 6.07) is 0. The zero-order valence-corrected chi connectivity index (χ0v) is 20.1. The number of carbonyl (C=O) groups excluding carboxylic acids is 1. The molecule has 0 aliphatic rings. The van der Waals surface area contributed by atoms with Gasteiger partial charge in [-0.3, -0.25) is 4.79 Å². The molecule has 0 heterocycles. The molecule has 6 heteroatoms. The van der Waals surface area contributed by atoms with Crippen molar-refractivity contribution >= 4 is 15.1 Å². The molecular formula is C20H45N2O3P. The number of hydrogen-bond acceptors (Lipinski definition) is 4. The van der Waals surface area contributed by atoms with Crippen LogP contribution in [-0.2, 0) is 14.3 Å². The minimum atomic E-state index is -0.660. The van der Waals surface area contributed by atoms with Crippen LogP contribution in [0.3, 0.4) is 0 Å². The highest BCUT2D eigenvalue weighted by Gasteiger charge is 2.34. The van der Waals surface area contributed by atoms with Crippen molar-refractivity contribution in [3.8, 4) is 0 Å². The van der Waals surface area contributed by atoms with Crippen molar-refractivity contribution in [1.29, 1.82) is 0 Å². The Morgan fingerprint density at radius 3 is 2.08 bits per heavy atom. The third-order valence-corrected chi connectivity index (χ3v) is 4.32. The summed E-state index contributed by atoms with van der Waals surface area (Å²) in [6.45, 7) is 19.9. The van der Waals surface area contributed by atoms with E-state index in [0.717, 1.165) is 19.4 Å². The molecule has 2 N–H and O–H groups in total. The number of nitrogens with one attached hydrogen (secondary N) is 2. The van der Waals surface area contributed by atoms with Crippen LogP contribution in [0.1, 0.15) is 75.2 Å². The maximum Gasteiger partial charge on any atom is 0.232 e. The van der Waals surface area contributed by atoms with Crippen molar-refractivity contribution in [3.63, 3.8) is 0 Å². The fourth-order valence-corrected chi connectivity index (χ4v) is 2.13. The quantitative estimate of drug-likeness (QED) is 0.497. The van der Waals surface area contributed by atoms with Gasteiger partial charge in [0.25, 0.3) is 0 Å². The van der Waals surface area contributed by atoms with Crippen molar-refractivity contribution < 1.29 is 14.3 Å². The van der Waals surface area contributed by atoms with E-state index in [4.69, 9.17) is 9.47 Å². The van der Waals surface area contributed by atoms with E-state index in [9.17, 15) is 4.79 Å². The highest BCUT2D eigenvalue weighted by molar-refractivity contribution is 7.21. The molecule has 0 aliphatic heterocycles. The molecule has 0 aromatic rings. The summed E-state index contributed by atoms with van der Waals surface area (Å²) in [5.41, 5.74) is -0.576. The molecule has 158 valence electrons. The second-order valence-electron chi connectivity index (χ2n) is 8.33. The van der Waals surface area contributed by atoms with Gasteiger partial charge in [0.15, 0.2) is 0 Å². The zero-order chi connectivity index (χ0) is 21.0. The molecule has 5 nitrogen and oxygen atoms in total. The Morgan fingerprint density at radius 1 is 1.08 bits per heavy atom. The molecule has 0 radical (unpaired) electrons. The molecule has 26 heavy (non-hydrogen) atoms. The van der Waals surface area contributed by atoms with E-state index in [1.807, 2.05) is 55.5 Å². The number of hydrogen-bond donors (Lipinski definition) is 2. The molecule has 0 saturated heterocycles. The fourth-order valence-electron chi connectivity index (χ4n) is 1.97. The van der Waals surface area contributed by atoms with Gasteiger partial charge < -0.3 is 20.1 Å². The van der Waals surface area contributed by atoms with Gasteiger partial charge in [-0.2, -0.15) is 0 Å². The second-order valence-corrected chi connectivity index (χ2v) is 9.60. The first kappa shape index (κ1) is 28.0. The largest absolute Gasteiger partial charge is 0.379 e. The molecule has 0 aromatic heterocycles. The van der Waals surface area contributed by atoms with Gasteiger partial charge in [0.1, 0.15) is 0 Å². The number of amides is 1. The van der Waals surface area contributed by atoms with Gasteiger partial charge in [0.05, 0.1) is 23.5 Å². The van der Waals surface area contributed by atoms with E-state index in [2.05, 4.69) is 33.7 Å². The van der Waals surface area contributed by atoms with Crippen molar-refractivity contribution in [1.82, 2.24) is 10.6 Å². The first-order valence-corrected chi connectivity index (χ1v) is 10.4. The third-order valence-electron chi connectivity index (χ3n) is 3.89. The van der Waals surface area contributed by atoms with E-state index >= 15 is 0 Å². The fraction of sp³-hybridized carbons (Fsp3) is 0.950. The molecule has 0 aliphatic carbocycles. The standard InChI is InChI=1S/C18H39N2O3P.C2H6/c1-14(2)22-12-10-16(3,4)20-15(21)18(7,24)13-23-17(5,6)9-11-19-8;1-2/h14,19H,9-13,24H2,1-8H3,(H,20,21);1-2H3. The Labute approximate surface area is 164 Å². The number of ether oxygens (including phenoxy) is 2. The summed E-state index contributed by atoms with van der Waals surface area (Å²) in [6.07, 6.45) is 1.87. The van der Waals surface area contributed by atoms with Gasteiger partial charge in [0.2, 0.25) is 5.91 Å². The van der Waals surface area contributed by atoms with E-state index in [0.29, 0.717) is 13.2 Å². The van der Waals surface area contributed by atoms with Crippen LogP contribution in [0.4, 0.5) is 0 Å². The van der Waals surface area contributed by atoms with Crippen molar-refractivity contribution in [3.05, 3.63) is 0 Å². The Bertz CT molecular complexity index is 383. The van der Waals surface area contributed by atoms with E-state index in [1.54, 1.807) is 0 Å². The molecule has 0 rings (SSSR count). The van der Waals surface area contributed by atoms with E-state index in [1.165, 1.54) is 0 Å². The summed E-state index contributed by atoms with van der Waals surface area (Å²) >= 11 is 0. The first-order valence-electron chi connectivity index (χ1n) is 9.83. The van der Waals surface area contributed by atoms with Crippen LogP contribution >= 0.6 is 9.24 Å². The Kier molecular flexibility index (Phi) is 14.0. The summed E-state index contributed by atoms with van der Waals surface area (Å²) in [4.78, 5) is 12.6. The lowest BCUT2D eigenvalue weighted by atomic mass is 9.99. The highest BCUT2D eigenvalue weighted by Crippen LogP contribution is 2.24. The van der Waals surface area contributed by atoms with Gasteiger partial charge in [-0.1, -0.05) is 13.8 Å². The Morgan fingerprint density at radius 2 is 1.62 bits per heavy atom. The molecule has 2 unspecified atom stereocenters. The summed E-state index contributed by atoms with van der Waals surface area (Å²) in [5.74, 6) is -0.0218. The Balaban J connectivity index is 0. The van der Waals surface area contributed by atoms with Crippen LogP contribution in [-0.4, -0.2) is 55.1 Å². The molecule has 0 aromatic carbocycles. The van der Waals surface area contributed by atoms with Crippen LogP contribution in [0, 0.1) is 0 Å². The predicted molar refractivity (Wildman–Crippen MR) is 116 cm³/mol. The lowest BCUT2D eigenvalue weighted by molar-refractivity contribution is -0.128. The SMILES string of the molecule is CC.CNCCC(C)(C)OCC(C)(P)C(=O)NC(C)(C)CCOC(C)C. The summed E-state index contributed by atoms with van der Waals surface area (Å²) in [7, 11) is 4.56. The molecule has 2 atom stereocenters. The average Bonchev–Trinajstić information content (AvgIpc) is 2.52. The zero-order valence-electron chi connectivity index (χ0n) is 18.9. The average molecular weight is 393 g/mol. The van der Waals surface area contributed by atoms with Crippen LogP contribution in [0.15, 0.2) is 0 Å². The van der Waals surface area contributed by atoms with Gasteiger partial charge in [-0.15, -0.1) is 9.24 Å². The van der Waals surface area contributed by atoms with Crippen molar-refractivity contribution in [2.75, 3.05) is 26.8 Å². The van der Waals surface area contributed by atoms with Crippen LogP contribution in [0.2, 0.25) is 0 Å². The minimum Gasteiger partial charge on any atom is -0.379 e. The topological polar surface area (TPSA) is 59.6 Å². The maximum absolute atomic E-state index is 12.6. The summed E-state index contributed by atoms with van der Waals surface area (Å²) in [5, 5.41) is 5.58. The summed E-state index contributed by atoms with van der Waals surface area (Å²) < 4.78 is 11.6. The normalized spacial score (nSPS) is 14.5. The highest BCUT2D eigenvalue weighted by atomic mass is 31.0. The van der Waals surface area contributed by atoms with E-state index < -0.39 is 5.16 Å². The molecule has 0 spiro atoms.